The van der Waals surface area contributed by atoms with Crippen LogP contribution in [-0.4, -0.2) is 6.36 Å². The van der Waals surface area contributed by atoms with Crippen molar-refractivity contribution in [1.82, 2.24) is 0 Å². The molecule has 0 unspecified atom stereocenters. The second kappa shape index (κ2) is 5.73. The summed E-state index contributed by atoms with van der Waals surface area (Å²) in [7, 11) is 0. The molecule has 0 bridgehead atoms. The minimum atomic E-state index is -4.73. The molecule has 21 heavy (non-hydrogen) atoms. The highest BCUT2D eigenvalue weighted by Gasteiger charge is 2.31. The van der Waals surface area contributed by atoms with E-state index in [0.29, 0.717) is 16.7 Å². The Hall–Kier alpha value is -2.08. The molecule has 2 nitrogen and oxygen atoms in total. The van der Waals surface area contributed by atoms with Crippen LogP contribution >= 0.6 is 0 Å². The number of alkyl halides is 3. The van der Waals surface area contributed by atoms with Crippen molar-refractivity contribution in [3.8, 4) is 5.75 Å². The number of halogens is 4. The van der Waals surface area contributed by atoms with Crippen LogP contribution < -0.4 is 10.5 Å². The fourth-order valence-corrected chi connectivity index (χ4v) is 2.04. The first-order valence-corrected chi connectivity index (χ1v) is 6.13. The van der Waals surface area contributed by atoms with Gasteiger partial charge in [0, 0.05) is 0 Å². The lowest BCUT2D eigenvalue weighted by atomic mass is 9.96. The van der Waals surface area contributed by atoms with Crippen LogP contribution in [0.5, 0.6) is 5.75 Å². The third-order valence-electron chi connectivity index (χ3n) is 3.04. The molecule has 6 heteroatoms. The van der Waals surface area contributed by atoms with Gasteiger partial charge < -0.3 is 10.5 Å². The highest BCUT2D eigenvalue weighted by atomic mass is 19.4. The molecule has 0 saturated heterocycles. The van der Waals surface area contributed by atoms with E-state index in [0.717, 1.165) is 0 Å². The number of rotatable bonds is 3. The van der Waals surface area contributed by atoms with E-state index >= 15 is 0 Å². The summed E-state index contributed by atoms with van der Waals surface area (Å²) in [5.74, 6) is -0.674. The van der Waals surface area contributed by atoms with Gasteiger partial charge in [-0.3, -0.25) is 0 Å². The van der Waals surface area contributed by atoms with Crippen LogP contribution in [0.2, 0.25) is 0 Å². The minimum Gasteiger partial charge on any atom is -0.406 e. The van der Waals surface area contributed by atoms with Gasteiger partial charge in [-0.15, -0.1) is 13.2 Å². The first-order valence-electron chi connectivity index (χ1n) is 6.13. The van der Waals surface area contributed by atoms with Crippen LogP contribution in [0.3, 0.4) is 0 Å². The van der Waals surface area contributed by atoms with Crippen molar-refractivity contribution in [3.63, 3.8) is 0 Å². The van der Waals surface area contributed by atoms with Crippen LogP contribution in [0, 0.1) is 12.7 Å². The van der Waals surface area contributed by atoms with E-state index < -0.39 is 12.4 Å². The molecule has 2 rings (SSSR count). The van der Waals surface area contributed by atoms with E-state index in [-0.39, 0.29) is 11.6 Å². The molecular weight excluding hydrogens is 286 g/mol. The standard InChI is InChI=1S/C15H13F4NO/c1-9-8-11(16)4-7-13(9)14(20)10-2-5-12(6-3-10)21-15(17,18)19/h2-8,14H,20H2,1H3/t14-/m0/s1. The average Bonchev–Trinajstić information content (AvgIpc) is 2.37. The number of hydrogen-bond acceptors (Lipinski definition) is 2. The Morgan fingerprint density at radius 2 is 1.67 bits per heavy atom. The number of hydrogen-bond donors (Lipinski definition) is 1. The smallest absolute Gasteiger partial charge is 0.406 e. The van der Waals surface area contributed by atoms with Crippen molar-refractivity contribution in [2.24, 2.45) is 5.73 Å². The van der Waals surface area contributed by atoms with Crippen molar-refractivity contribution in [3.05, 3.63) is 65.0 Å². The van der Waals surface area contributed by atoms with Gasteiger partial charge in [0.1, 0.15) is 11.6 Å². The molecule has 0 spiro atoms. The van der Waals surface area contributed by atoms with Gasteiger partial charge in [-0.25, -0.2) is 4.39 Å². The lowest BCUT2D eigenvalue weighted by molar-refractivity contribution is -0.274. The average molecular weight is 299 g/mol. The lowest BCUT2D eigenvalue weighted by Gasteiger charge is -2.16. The van der Waals surface area contributed by atoms with Gasteiger partial charge in [-0.05, 0) is 47.9 Å². The Labute approximate surface area is 119 Å². The van der Waals surface area contributed by atoms with Crippen LogP contribution in [-0.2, 0) is 0 Å². The van der Waals surface area contributed by atoms with E-state index in [1.54, 1.807) is 13.0 Å². The zero-order valence-electron chi connectivity index (χ0n) is 11.1. The second-order valence-corrected chi connectivity index (χ2v) is 4.60. The molecule has 0 heterocycles. The number of aryl methyl sites for hydroxylation is 1. The first-order chi connectivity index (χ1) is 9.76. The van der Waals surface area contributed by atoms with E-state index in [9.17, 15) is 17.6 Å². The van der Waals surface area contributed by atoms with Gasteiger partial charge in [0.2, 0.25) is 0 Å². The van der Waals surface area contributed by atoms with Crippen LogP contribution in [0.1, 0.15) is 22.7 Å². The van der Waals surface area contributed by atoms with Gasteiger partial charge in [0.15, 0.2) is 0 Å². The van der Waals surface area contributed by atoms with E-state index in [1.807, 2.05) is 0 Å². The summed E-state index contributed by atoms with van der Waals surface area (Å²) in [5, 5.41) is 0. The molecule has 0 saturated carbocycles. The molecule has 0 aliphatic carbocycles. The molecule has 2 aromatic carbocycles. The maximum absolute atomic E-state index is 13.1. The largest absolute Gasteiger partial charge is 0.573 e. The maximum atomic E-state index is 13.1. The summed E-state index contributed by atoms with van der Waals surface area (Å²) in [5.41, 5.74) is 8.06. The van der Waals surface area contributed by atoms with Gasteiger partial charge >= 0.3 is 6.36 Å². The minimum absolute atomic E-state index is 0.311. The van der Waals surface area contributed by atoms with Crippen LogP contribution in [0.4, 0.5) is 17.6 Å². The molecule has 1 atom stereocenters. The van der Waals surface area contributed by atoms with E-state index in [4.69, 9.17) is 5.73 Å². The SMILES string of the molecule is Cc1cc(F)ccc1[C@@H](N)c1ccc(OC(F)(F)F)cc1. The Kier molecular flexibility index (Phi) is 4.18. The molecule has 0 aliphatic heterocycles. The summed E-state index contributed by atoms with van der Waals surface area (Å²) in [4.78, 5) is 0. The molecule has 2 aromatic rings. The van der Waals surface area contributed by atoms with Crippen molar-refractivity contribution < 1.29 is 22.3 Å². The Morgan fingerprint density at radius 1 is 1.05 bits per heavy atom. The monoisotopic (exact) mass is 299 g/mol. The van der Waals surface area contributed by atoms with Crippen molar-refractivity contribution in [2.45, 2.75) is 19.3 Å². The zero-order chi connectivity index (χ0) is 15.6. The summed E-state index contributed by atoms with van der Waals surface area (Å²) < 4.78 is 53.1. The van der Waals surface area contributed by atoms with Gasteiger partial charge in [0.25, 0.3) is 0 Å². The molecule has 0 aromatic heterocycles. The van der Waals surface area contributed by atoms with E-state index in [2.05, 4.69) is 4.74 Å². The molecular formula is C15H13F4NO. The van der Waals surface area contributed by atoms with E-state index in [1.165, 1.54) is 36.4 Å². The van der Waals surface area contributed by atoms with Gasteiger partial charge in [-0.1, -0.05) is 18.2 Å². The molecule has 0 radical (unpaired) electrons. The lowest BCUT2D eigenvalue weighted by Crippen LogP contribution is -2.17. The number of ether oxygens (including phenoxy) is 1. The quantitative estimate of drug-likeness (QED) is 0.867. The number of benzene rings is 2. The molecule has 0 fully saturated rings. The predicted octanol–water partition coefficient (Wildman–Crippen LogP) is 4.08. The Morgan fingerprint density at radius 3 is 2.19 bits per heavy atom. The summed E-state index contributed by atoms with van der Waals surface area (Å²) in [6, 6.07) is 8.96. The Balaban J connectivity index is 2.22. The second-order valence-electron chi connectivity index (χ2n) is 4.60. The summed E-state index contributed by atoms with van der Waals surface area (Å²) >= 11 is 0. The topological polar surface area (TPSA) is 35.2 Å². The predicted molar refractivity (Wildman–Crippen MR) is 70.3 cm³/mol. The first kappa shape index (κ1) is 15.3. The normalized spacial score (nSPS) is 13.0. The van der Waals surface area contributed by atoms with Gasteiger partial charge in [-0.2, -0.15) is 0 Å². The zero-order valence-corrected chi connectivity index (χ0v) is 11.1. The van der Waals surface area contributed by atoms with Crippen LogP contribution in [0.25, 0.3) is 0 Å². The van der Waals surface area contributed by atoms with Crippen molar-refractivity contribution in [1.29, 1.82) is 0 Å². The highest BCUT2D eigenvalue weighted by molar-refractivity contribution is 5.38. The van der Waals surface area contributed by atoms with Crippen molar-refractivity contribution >= 4 is 0 Å². The summed E-state index contributed by atoms with van der Waals surface area (Å²) in [6.45, 7) is 1.72. The third-order valence-corrected chi connectivity index (χ3v) is 3.04. The summed E-state index contributed by atoms with van der Waals surface area (Å²) in [6.07, 6.45) is -4.73. The fourth-order valence-electron chi connectivity index (χ4n) is 2.04. The Bertz CT molecular complexity index is 623. The maximum Gasteiger partial charge on any atom is 0.573 e. The number of nitrogens with two attached hydrogens (primary N) is 1. The molecule has 2 N–H and O–H groups in total. The molecule has 112 valence electrons. The fraction of sp³-hybridized carbons (Fsp3) is 0.200. The van der Waals surface area contributed by atoms with Crippen LogP contribution in [0.15, 0.2) is 42.5 Å². The van der Waals surface area contributed by atoms with Crippen molar-refractivity contribution in [2.75, 3.05) is 0 Å². The van der Waals surface area contributed by atoms with Gasteiger partial charge in [0.05, 0.1) is 6.04 Å². The molecule has 0 amide bonds. The third kappa shape index (κ3) is 3.95. The highest BCUT2D eigenvalue weighted by Crippen LogP contribution is 2.27. The molecule has 0 aliphatic rings.